The zero-order chi connectivity index (χ0) is 24.0. The second kappa shape index (κ2) is 10.9. The Bertz CT molecular complexity index is 982. The molecule has 3 rings (SSSR count). The smallest absolute Gasteiger partial charge is 0.410 e. The van der Waals surface area contributed by atoms with Gasteiger partial charge in [0.1, 0.15) is 17.6 Å². The SMILES string of the molecule is CN[C@@H](C)C(=O)N[C@H](C(=O)N1c2ncccc2C[C@H]1CNC(=O)Oc1ccccc1)C(C)C. The normalized spacial score (nSPS) is 16.6. The zero-order valence-corrected chi connectivity index (χ0v) is 19.4. The zero-order valence-electron chi connectivity index (χ0n) is 19.4. The molecule has 1 aromatic heterocycles. The first-order valence-corrected chi connectivity index (χ1v) is 11.1. The molecule has 3 amide bonds. The summed E-state index contributed by atoms with van der Waals surface area (Å²) in [6.45, 7) is 5.67. The summed E-state index contributed by atoms with van der Waals surface area (Å²) in [5, 5.41) is 8.49. The molecule has 3 atom stereocenters. The van der Waals surface area contributed by atoms with Crippen LogP contribution >= 0.6 is 0 Å². The van der Waals surface area contributed by atoms with E-state index >= 15 is 0 Å². The van der Waals surface area contributed by atoms with E-state index in [0.29, 0.717) is 18.0 Å². The standard InChI is InChI=1S/C24H31N5O4/c1-15(2)20(28-22(30)16(3)25-4)23(31)29-18(13-17-9-8-12-26-21(17)29)14-27-24(32)33-19-10-6-5-7-11-19/h5-12,15-16,18,20,25H,13-14H2,1-4H3,(H,27,32)(H,28,30)/t16-,18-,20-/m0/s1. The van der Waals surface area contributed by atoms with Gasteiger partial charge in [0.05, 0.1) is 12.1 Å². The Kier molecular flexibility index (Phi) is 8.00. The summed E-state index contributed by atoms with van der Waals surface area (Å²) in [4.78, 5) is 44.4. The van der Waals surface area contributed by atoms with Crippen LogP contribution in [0.15, 0.2) is 48.7 Å². The highest BCUT2D eigenvalue weighted by Crippen LogP contribution is 2.31. The Morgan fingerprint density at radius 3 is 2.52 bits per heavy atom. The van der Waals surface area contributed by atoms with Gasteiger partial charge >= 0.3 is 6.09 Å². The first-order chi connectivity index (χ1) is 15.8. The number of hydrogen-bond acceptors (Lipinski definition) is 6. The molecule has 1 aliphatic rings. The number of pyridine rings is 1. The van der Waals surface area contributed by atoms with E-state index in [2.05, 4.69) is 20.9 Å². The lowest BCUT2D eigenvalue weighted by Crippen LogP contribution is -2.57. The number of amides is 3. The van der Waals surface area contributed by atoms with E-state index in [1.165, 1.54) is 0 Å². The maximum absolute atomic E-state index is 13.6. The van der Waals surface area contributed by atoms with Gasteiger partial charge in [0.2, 0.25) is 5.91 Å². The number of hydrogen-bond donors (Lipinski definition) is 3. The van der Waals surface area contributed by atoms with Crippen LogP contribution in [0.1, 0.15) is 26.3 Å². The number of nitrogens with one attached hydrogen (secondary N) is 3. The minimum absolute atomic E-state index is 0.144. The Labute approximate surface area is 193 Å². The van der Waals surface area contributed by atoms with Crippen molar-refractivity contribution in [3.8, 4) is 5.75 Å². The third-order valence-electron chi connectivity index (χ3n) is 5.65. The monoisotopic (exact) mass is 453 g/mol. The van der Waals surface area contributed by atoms with Crippen molar-refractivity contribution in [3.63, 3.8) is 0 Å². The van der Waals surface area contributed by atoms with E-state index in [1.54, 1.807) is 49.3 Å². The number of rotatable bonds is 8. The van der Waals surface area contributed by atoms with Gasteiger partial charge in [0.15, 0.2) is 0 Å². The van der Waals surface area contributed by atoms with Crippen LogP contribution in [0.2, 0.25) is 0 Å². The van der Waals surface area contributed by atoms with E-state index < -0.39 is 18.2 Å². The molecule has 0 spiro atoms. The van der Waals surface area contributed by atoms with Gasteiger partial charge in [-0.3, -0.25) is 14.5 Å². The van der Waals surface area contributed by atoms with Crippen molar-refractivity contribution in [2.45, 2.75) is 45.3 Å². The highest BCUT2D eigenvalue weighted by molar-refractivity contribution is 6.01. The maximum Gasteiger partial charge on any atom is 0.412 e. The number of ether oxygens (including phenoxy) is 1. The number of anilines is 1. The number of nitrogens with zero attached hydrogens (tertiary/aromatic N) is 2. The molecule has 0 bridgehead atoms. The largest absolute Gasteiger partial charge is 0.412 e. The number of carbonyl (C=O) groups is 3. The van der Waals surface area contributed by atoms with Crippen molar-refractivity contribution in [1.82, 2.24) is 20.9 Å². The van der Waals surface area contributed by atoms with E-state index in [9.17, 15) is 14.4 Å². The van der Waals surface area contributed by atoms with Crippen LogP contribution in [-0.2, 0) is 16.0 Å². The Balaban J connectivity index is 1.76. The highest BCUT2D eigenvalue weighted by Gasteiger charge is 2.40. The van der Waals surface area contributed by atoms with Crippen molar-refractivity contribution in [2.24, 2.45) is 5.92 Å². The second-order valence-electron chi connectivity index (χ2n) is 8.38. The molecule has 9 nitrogen and oxygen atoms in total. The Hall–Kier alpha value is -3.46. The molecule has 3 N–H and O–H groups in total. The third kappa shape index (κ3) is 5.87. The Morgan fingerprint density at radius 2 is 1.85 bits per heavy atom. The molecule has 0 unspecified atom stereocenters. The number of benzene rings is 1. The van der Waals surface area contributed by atoms with Crippen LogP contribution in [0.4, 0.5) is 10.6 Å². The van der Waals surface area contributed by atoms with Crippen molar-refractivity contribution in [2.75, 3.05) is 18.5 Å². The van der Waals surface area contributed by atoms with Gasteiger partial charge < -0.3 is 20.7 Å². The van der Waals surface area contributed by atoms with Crippen LogP contribution in [0.3, 0.4) is 0 Å². The highest BCUT2D eigenvalue weighted by atomic mass is 16.6. The fourth-order valence-corrected chi connectivity index (χ4v) is 3.68. The molecule has 0 saturated heterocycles. The molecule has 176 valence electrons. The number of carbonyl (C=O) groups excluding carboxylic acids is 3. The minimum atomic E-state index is -0.736. The fraction of sp³-hybridized carbons (Fsp3) is 0.417. The van der Waals surface area contributed by atoms with E-state index in [1.807, 2.05) is 32.0 Å². The summed E-state index contributed by atoms with van der Waals surface area (Å²) in [7, 11) is 1.69. The van der Waals surface area contributed by atoms with Gasteiger partial charge in [0, 0.05) is 12.7 Å². The molecule has 1 aliphatic heterocycles. The Morgan fingerprint density at radius 1 is 1.12 bits per heavy atom. The summed E-state index contributed by atoms with van der Waals surface area (Å²) in [5.74, 6) is 0.316. The van der Waals surface area contributed by atoms with Gasteiger partial charge in [0.25, 0.3) is 5.91 Å². The van der Waals surface area contributed by atoms with E-state index in [-0.39, 0.29) is 30.3 Å². The lowest BCUT2D eigenvalue weighted by molar-refractivity contribution is -0.129. The summed E-state index contributed by atoms with van der Waals surface area (Å²) in [6, 6.07) is 11.0. The van der Waals surface area contributed by atoms with Gasteiger partial charge in [-0.2, -0.15) is 0 Å². The van der Waals surface area contributed by atoms with Gasteiger partial charge in [-0.05, 0) is 50.1 Å². The summed E-state index contributed by atoms with van der Waals surface area (Å²) >= 11 is 0. The molecule has 0 radical (unpaired) electrons. The predicted molar refractivity (Wildman–Crippen MR) is 125 cm³/mol. The lowest BCUT2D eigenvalue weighted by atomic mass is 10.0. The molecular formula is C24H31N5O4. The van der Waals surface area contributed by atoms with Crippen LogP contribution in [0.5, 0.6) is 5.75 Å². The molecule has 9 heteroatoms. The molecular weight excluding hydrogens is 422 g/mol. The van der Waals surface area contributed by atoms with Gasteiger partial charge in [-0.25, -0.2) is 9.78 Å². The molecule has 0 aliphatic carbocycles. The first-order valence-electron chi connectivity index (χ1n) is 11.1. The topological polar surface area (TPSA) is 113 Å². The quantitative estimate of drug-likeness (QED) is 0.563. The fourth-order valence-electron chi connectivity index (χ4n) is 3.68. The van der Waals surface area contributed by atoms with Gasteiger partial charge in [-0.15, -0.1) is 0 Å². The van der Waals surface area contributed by atoms with Crippen molar-refractivity contribution in [1.29, 1.82) is 0 Å². The summed E-state index contributed by atoms with van der Waals surface area (Å²) in [5.41, 5.74) is 0.909. The predicted octanol–water partition coefficient (Wildman–Crippen LogP) is 1.88. The minimum Gasteiger partial charge on any atom is -0.410 e. The van der Waals surface area contributed by atoms with Crippen LogP contribution in [0, 0.1) is 5.92 Å². The first kappa shape index (κ1) is 24.2. The van der Waals surface area contributed by atoms with Crippen molar-refractivity contribution in [3.05, 3.63) is 54.2 Å². The summed E-state index contributed by atoms with van der Waals surface area (Å²) < 4.78 is 5.29. The number of fused-ring (bicyclic) bond motifs is 1. The number of likely N-dealkylation sites (N-methyl/N-ethyl adjacent to an activating group) is 1. The molecule has 0 saturated carbocycles. The second-order valence-corrected chi connectivity index (χ2v) is 8.38. The lowest BCUT2D eigenvalue weighted by Gasteiger charge is -2.31. The summed E-state index contributed by atoms with van der Waals surface area (Å²) in [6.07, 6.45) is 1.56. The average Bonchev–Trinajstić information content (AvgIpc) is 3.19. The molecule has 0 fully saturated rings. The average molecular weight is 454 g/mol. The van der Waals surface area contributed by atoms with Gasteiger partial charge in [-0.1, -0.05) is 38.1 Å². The molecule has 1 aromatic carbocycles. The molecule has 2 aromatic rings. The van der Waals surface area contributed by atoms with Crippen LogP contribution in [0.25, 0.3) is 0 Å². The van der Waals surface area contributed by atoms with Crippen molar-refractivity contribution < 1.29 is 19.1 Å². The number of para-hydroxylation sites is 1. The number of aromatic nitrogens is 1. The van der Waals surface area contributed by atoms with Crippen LogP contribution < -0.4 is 25.6 Å². The third-order valence-corrected chi connectivity index (χ3v) is 5.65. The van der Waals surface area contributed by atoms with Crippen molar-refractivity contribution >= 4 is 23.7 Å². The van der Waals surface area contributed by atoms with E-state index in [0.717, 1.165) is 5.56 Å². The molecule has 33 heavy (non-hydrogen) atoms. The molecule has 2 heterocycles. The van der Waals surface area contributed by atoms with E-state index in [4.69, 9.17) is 4.74 Å². The maximum atomic E-state index is 13.6. The van der Waals surface area contributed by atoms with Crippen LogP contribution in [-0.4, -0.2) is 54.6 Å².